The smallest absolute Gasteiger partial charge is 0.0692 e. The molecule has 1 N–H and O–H groups in total. The number of nitrogens with zero attached hydrogens (tertiary/aromatic N) is 1. The highest BCUT2D eigenvalue weighted by Gasteiger charge is 2.10. The summed E-state index contributed by atoms with van der Waals surface area (Å²) >= 11 is 3.49. The van der Waals surface area contributed by atoms with Gasteiger partial charge in [-0.3, -0.25) is 0 Å². The Labute approximate surface area is 118 Å². The van der Waals surface area contributed by atoms with Gasteiger partial charge in [-0.15, -0.1) is 0 Å². The molecule has 1 rings (SSSR count). The highest BCUT2D eigenvalue weighted by Crippen LogP contribution is 2.24. The minimum atomic E-state index is 0.0586. The van der Waals surface area contributed by atoms with Gasteiger partial charge >= 0.3 is 0 Å². The van der Waals surface area contributed by atoms with Gasteiger partial charge in [0.05, 0.1) is 13.2 Å². The fourth-order valence-electron chi connectivity index (χ4n) is 1.83. The molecule has 0 aromatic heterocycles. The predicted molar refractivity (Wildman–Crippen MR) is 79.0 cm³/mol. The van der Waals surface area contributed by atoms with Crippen LogP contribution in [0.5, 0.6) is 0 Å². The van der Waals surface area contributed by atoms with Crippen molar-refractivity contribution in [2.75, 3.05) is 31.7 Å². The topological polar surface area (TPSA) is 32.7 Å². The van der Waals surface area contributed by atoms with Crippen molar-refractivity contribution >= 4 is 21.6 Å². The van der Waals surface area contributed by atoms with Crippen LogP contribution in [-0.2, 0) is 11.3 Å². The maximum absolute atomic E-state index is 9.17. The molecule has 1 aromatic carbocycles. The van der Waals surface area contributed by atoms with Gasteiger partial charge < -0.3 is 14.7 Å². The van der Waals surface area contributed by atoms with Crippen LogP contribution in [0.15, 0.2) is 22.7 Å². The molecule has 1 aromatic rings. The van der Waals surface area contributed by atoms with Gasteiger partial charge in [-0.2, -0.15) is 0 Å². The fraction of sp³-hybridized carbons (Fsp3) is 0.571. The molecule has 18 heavy (non-hydrogen) atoms. The zero-order valence-corrected chi connectivity index (χ0v) is 12.9. The number of anilines is 1. The standard InChI is InChI=1S/C14H22BrNO2/c1-11(2)9-16(6-7-18-3)13-5-4-12(10-17)14(15)8-13/h4-5,8,11,17H,6-7,9-10H2,1-3H3. The molecule has 0 saturated carbocycles. The Bertz CT molecular complexity index is 369. The second-order valence-corrected chi connectivity index (χ2v) is 5.62. The summed E-state index contributed by atoms with van der Waals surface area (Å²) in [6.07, 6.45) is 0. The number of halogens is 1. The predicted octanol–water partition coefficient (Wildman–Crippen LogP) is 3.05. The van der Waals surface area contributed by atoms with Crippen molar-refractivity contribution in [2.45, 2.75) is 20.5 Å². The van der Waals surface area contributed by atoms with Crippen molar-refractivity contribution in [3.05, 3.63) is 28.2 Å². The van der Waals surface area contributed by atoms with Gasteiger partial charge in [-0.05, 0) is 23.6 Å². The molecule has 0 spiro atoms. The van der Waals surface area contributed by atoms with Crippen molar-refractivity contribution in [3.8, 4) is 0 Å². The lowest BCUT2D eigenvalue weighted by Gasteiger charge is -2.27. The van der Waals surface area contributed by atoms with Gasteiger partial charge in [0.1, 0.15) is 0 Å². The van der Waals surface area contributed by atoms with Crippen molar-refractivity contribution in [1.82, 2.24) is 0 Å². The molecule has 0 amide bonds. The van der Waals surface area contributed by atoms with Crippen LogP contribution in [0.2, 0.25) is 0 Å². The van der Waals surface area contributed by atoms with Crippen LogP contribution in [0.3, 0.4) is 0 Å². The van der Waals surface area contributed by atoms with Crippen molar-refractivity contribution in [2.24, 2.45) is 5.92 Å². The Balaban J connectivity index is 2.86. The van der Waals surface area contributed by atoms with E-state index in [1.54, 1.807) is 7.11 Å². The third-order valence-electron chi connectivity index (χ3n) is 2.72. The van der Waals surface area contributed by atoms with E-state index < -0.39 is 0 Å². The zero-order valence-electron chi connectivity index (χ0n) is 11.3. The van der Waals surface area contributed by atoms with E-state index in [1.807, 2.05) is 12.1 Å². The van der Waals surface area contributed by atoms with E-state index in [0.29, 0.717) is 12.5 Å². The summed E-state index contributed by atoms with van der Waals surface area (Å²) in [5.41, 5.74) is 2.07. The summed E-state index contributed by atoms with van der Waals surface area (Å²) in [7, 11) is 1.72. The van der Waals surface area contributed by atoms with Crippen LogP contribution in [-0.4, -0.2) is 31.9 Å². The van der Waals surface area contributed by atoms with Crippen molar-refractivity contribution in [3.63, 3.8) is 0 Å². The average Bonchev–Trinajstić information content (AvgIpc) is 2.34. The Morgan fingerprint density at radius 1 is 1.39 bits per heavy atom. The van der Waals surface area contributed by atoms with Gasteiger partial charge in [0.15, 0.2) is 0 Å². The molecule has 0 fully saturated rings. The first-order valence-corrected chi connectivity index (χ1v) is 7.01. The monoisotopic (exact) mass is 315 g/mol. The molecule has 0 atom stereocenters. The number of ether oxygens (including phenoxy) is 1. The fourth-order valence-corrected chi connectivity index (χ4v) is 2.32. The lowest BCUT2D eigenvalue weighted by Crippen LogP contribution is -2.30. The van der Waals surface area contributed by atoms with E-state index in [9.17, 15) is 5.11 Å². The molecule has 0 aliphatic rings. The van der Waals surface area contributed by atoms with Crippen LogP contribution in [0.25, 0.3) is 0 Å². The molecule has 0 radical (unpaired) electrons. The van der Waals surface area contributed by atoms with E-state index in [1.165, 1.54) is 0 Å². The van der Waals surface area contributed by atoms with Gasteiger partial charge in [0.2, 0.25) is 0 Å². The molecule has 0 aliphatic carbocycles. The first-order valence-electron chi connectivity index (χ1n) is 6.21. The third kappa shape index (κ3) is 4.59. The number of aliphatic hydroxyl groups is 1. The van der Waals surface area contributed by atoms with E-state index >= 15 is 0 Å². The summed E-state index contributed by atoms with van der Waals surface area (Å²) in [6, 6.07) is 6.07. The number of hydrogen-bond acceptors (Lipinski definition) is 3. The maximum atomic E-state index is 9.17. The Morgan fingerprint density at radius 3 is 2.61 bits per heavy atom. The molecular formula is C14H22BrNO2. The summed E-state index contributed by atoms with van der Waals surface area (Å²) in [4.78, 5) is 2.31. The van der Waals surface area contributed by atoms with Crippen LogP contribution in [0.1, 0.15) is 19.4 Å². The summed E-state index contributed by atoms with van der Waals surface area (Å²) in [5, 5.41) is 9.17. The molecule has 102 valence electrons. The van der Waals surface area contributed by atoms with E-state index in [0.717, 1.165) is 28.8 Å². The Morgan fingerprint density at radius 2 is 2.11 bits per heavy atom. The van der Waals surface area contributed by atoms with Crippen LogP contribution >= 0.6 is 15.9 Å². The zero-order chi connectivity index (χ0) is 13.5. The van der Waals surface area contributed by atoms with E-state index in [4.69, 9.17) is 4.74 Å². The number of methoxy groups -OCH3 is 1. The SMILES string of the molecule is COCCN(CC(C)C)c1ccc(CO)c(Br)c1. The summed E-state index contributed by atoms with van der Waals surface area (Å²) in [5.74, 6) is 0.596. The highest BCUT2D eigenvalue weighted by molar-refractivity contribution is 9.10. The first-order chi connectivity index (χ1) is 8.58. The van der Waals surface area contributed by atoms with Crippen LogP contribution in [0.4, 0.5) is 5.69 Å². The minimum absolute atomic E-state index is 0.0586. The van der Waals surface area contributed by atoms with Gasteiger partial charge in [0, 0.05) is 30.4 Å². The average molecular weight is 316 g/mol. The Hall–Kier alpha value is -0.580. The molecule has 3 nitrogen and oxygen atoms in total. The van der Waals surface area contributed by atoms with E-state index in [-0.39, 0.29) is 6.61 Å². The normalized spacial score (nSPS) is 11.0. The molecule has 0 unspecified atom stereocenters. The van der Waals surface area contributed by atoms with Gasteiger partial charge in [-0.25, -0.2) is 0 Å². The summed E-state index contributed by atoms with van der Waals surface area (Å²) in [6.45, 7) is 7.05. The molecule has 0 saturated heterocycles. The lowest BCUT2D eigenvalue weighted by molar-refractivity contribution is 0.204. The van der Waals surface area contributed by atoms with Crippen molar-refractivity contribution < 1.29 is 9.84 Å². The molecule has 0 bridgehead atoms. The van der Waals surface area contributed by atoms with Crippen molar-refractivity contribution in [1.29, 1.82) is 0 Å². The number of hydrogen-bond donors (Lipinski definition) is 1. The molecule has 0 aliphatic heterocycles. The minimum Gasteiger partial charge on any atom is -0.392 e. The molecular weight excluding hydrogens is 294 g/mol. The second-order valence-electron chi connectivity index (χ2n) is 4.77. The lowest BCUT2D eigenvalue weighted by atomic mass is 10.1. The van der Waals surface area contributed by atoms with E-state index in [2.05, 4.69) is 40.7 Å². The third-order valence-corrected chi connectivity index (χ3v) is 3.46. The van der Waals surface area contributed by atoms with Gasteiger partial charge in [0.25, 0.3) is 0 Å². The highest BCUT2D eigenvalue weighted by atomic mass is 79.9. The largest absolute Gasteiger partial charge is 0.392 e. The molecule has 0 heterocycles. The Kier molecular flexibility index (Phi) is 6.68. The second kappa shape index (κ2) is 7.77. The number of aliphatic hydroxyl groups excluding tert-OH is 1. The molecule has 4 heteroatoms. The van der Waals surface area contributed by atoms with Crippen LogP contribution in [0, 0.1) is 5.92 Å². The van der Waals surface area contributed by atoms with Crippen LogP contribution < -0.4 is 4.90 Å². The number of rotatable bonds is 7. The van der Waals surface area contributed by atoms with Gasteiger partial charge in [-0.1, -0.05) is 35.8 Å². The first kappa shape index (κ1) is 15.5. The quantitative estimate of drug-likeness (QED) is 0.839. The summed E-state index contributed by atoms with van der Waals surface area (Å²) < 4.78 is 6.11. The maximum Gasteiger partial charge on any atom is 0.0692 e. The number of benzene rings is 1.